The highest BCUT2D eigenvalue weighted by atomic mass is 16.5. The second-order valence-corrected chi connectivity index (χ2v) is 16.7. The van der Waals surface area contributed by atoms with Crippen molar-refractivity contribution in [2.45, 2.75) is 114 Å². The standard InChI is InChI=1S/C48H59NO9/c1-49-27-32-24-44-39(26-43(32)57-36-12-4-3-5-13-36)47(53)45(42(58-44)16-9-19-54-2)41-28-55-48-31(23-37(25-40(48)46(41)52)56-35-14-6-7-15-35)20-30-22-34(51)17-18-38(30)29-10-8-11-33(50)21-29/h8,10-11,17-18,21-26,35-36,41-42,45-47,49-53H,3-7,9,12-16,19-20,27-28H2,1-2H3/t41-,42-,45-,46-,47+/m1/s1. The van der Waals surface area contributed by atoms with E-state index in [-0.39, 0.29) is 30.3 Å². The highest BCUT2D eigenvalue weighted by molar-refractivity contribution is 5.70. The van der Waals surface area contributed by atoms with Gasteiger partial charge in [-0.1, -0.05) is 24.6 Å². The number of hydrogen-bond acceptors (Lipinski definition) is 10. The third-order valence-corrected chi connectivity index (χ3v) is 12.7. The molecule has 8 rings (SSSR count). The van der Waals surface area contributed by atoms with Crippen molar-refractivity contribution in [1.82, 2.24) is 5.32 Å². The van der Waals surface area contributed by atoms with Crippen molar-refractivity contribution in [3.63, 3.8) is 0 Å². The van der Waals surface area contributed by atoms with Crippen molar-refractivity contribution in [1.29, 1.82) is 0 Å². The fourth-order valence-corrected chi connectivity index (χ4v) is 9.78. The molecular weight excluding hydrogens is 735 g/mol. The van der Waals surface area contributed by atoms with Crippen molar-refractivity contribution >= 4 is 0 Å². The summed E-state index contributed by atoms with van der Waals surface area (Å²) in [6.45, 7) is 1.31. The average Bonchev–Trinajstić information content (AvgIpc) is 3.73. The number of aliphatic hydroxyl groups excluding tert-OH is 2. The van der Waals surface area contributed by atoms with E-state index in [0.717, 1.165) is 91.4 Å². The van der Waals surface area contributed by atoms with E-state index in [1.165, 1.54) is 6.42 Å². The zero-order valence-electron chi connectivity index (χ0n) is 33.8. The molecule has 4 aromatic rings. The molecule has 10 nitrogen and oxygen atoms in total. The number of nitrogens with one attached hydrogen (secondary N) is 1. The van der Waals surface area contributed by atoms with Crippen LogP contribution in [0.3, 0.4) is 0 Å². The predicted octanol–water partition coefficient (Wildman–Crippen LogP) is 8.69. The summed E-state index contributed by atoms with van der Waals surface area (Å²) in [6.07, 6.45) is 9.31. The molecule has 0 aromatic heterocycles. The zero-order valence-corrected chi connectivity index (χ0v) is 33.8. The van der Waals surface area contributed by atoms with Crippen LogP contribution < -0.4 is 24.3 Å². The van der Waals surface area contributed by atoms with E-state index in [1.807, 2.05) is 43.4 Å². The maximum absolute atomic E-state index is 12.6. The summed E-state index contributed by atoms with van der Waals surface area (Å²) in [5.74, 6) is 1.91. The Morgan fingerprint density at radius 2 is 1.52 bits per heavy atom. The van der Waals surface area contributed by atoms with Gasteiger partial charge in [0, 0.05) is 60.8 Å². The average molecular weight is 794 g/mol. The normalized spacial score (nSPS) is 23.4. The number of ether oxygens (including phenoxy) is 5. The minimum atomic E-state index is -0.999. The third kappa shape index (κ3) is 8.76. The van der Waals surface area contributed by atoms with E-state index in [9.17, 15) is 20.4 Å². The number of methoxy groups -OCH3 is 1. The van der Waals surface area contributed by atoms with Gasteiger partial charge in [0.05, 0.1) is 31.0 Å². The molecule has 5 N–H and O–H groups in total. The first kappa shape index (κ1) is 40.3. The van der Waals surface area contributed by atoms with Gasteiger partial charge in [0.25, 0.3) is 0 Å². The van der Waals surface area contributed by atoms with Crippen LogP contribution in [0.2, 0.25) is 0 Å². The topological polar surface area (TPSA) is 139 Å². The predicted molar refractivity (Wildman–Crippen MR) is 222 cm³/mol. The second-order valence-electron chi connectivity index (χ2n) is 16.7. The number of aliphatic hydroxyl groups is 2. The number of phenols is 2. The molecule has 0 radical (unpaired) electrons. The Balaban J connectivity index is 1.16. The number of hydrogen-bond donors (Lipinski definition) is 5. The quantitative estimate of drug-likeness (QED) is 0.0789. The third-order valence-electron chi connectivity index (χ3n) is 12.7. The van der Waals surface area contributed by atoms with Crippen LogP contribution in [-0.2, 0) is 17.7 Å². The monoisotopic (exact) mass is 793 g/mol. The van der Waals surface area contributed by atoms with Crippen LogP contribution >= 0.6 is 0 Å². The van der Waals surface area contributed by atoms with Crippen molar-refractivity contribution < 1.29 is 44.1 Å². The van der Waals surface area contributed by atoms with Crippen LogP contribution in [-0.4, -0.2) is 66.1 Å². The summed E-state index contributed by atoms with van der Waals surface area (Å²) in [4.78, 5) is 0. The van der Waals surface area contributed by atoms with Crippen LogP contribution in [0.5, 0.6) is 34.5 Å². The number of rotatable bonds is 14. The molecule has 2 aliphatic carbocycles. The lowest BCUT2D eigenvalue weighted by Crippen LogP contribution is -2.46. The lowest BCUT2D eigenvalue weighted by molar-refractivity contribution is -0.0890. The van der Waals surface area contributed by atoms with Gasteiger partial charge in [-0.2, -0.15) is 0 Å². The first-order valence-electron chi connectivity index (χ1n) is 21.4. The Hall–Kier alpha value is -4.48. The highest BCUT2D eigenvalue weighted by Gasteiger charge is 2.48. The first-order chi connectivity index (χ1) is 28.3. The van der Waals surface area contributed by atoms with Gasteiger partial charge in [0.2, 0.25) is 0 Å². The van der Waals surface area contributed by atoms with Gasteiger partial charge in [-0.3, -0.25) is 0 Å². The Morgan fingerprint density at radius 1 is 0.759 bits per heavy atom. The molecule has 5 atom stereocenters. The Morgan fingerprint density at radius 3 is 2.28 bits per heavy atom. The van der Waals surface area contributed by atoms with Gasteiger partial charge in [0.15, 0.2) is 0 Å². The van der Waals surface area contributed by atoms with E-state index in [4.69, 9.17) is 23.7 Å². The van der Waals surface area contributed by atoms with Crippen LogP contribution in [0.15, 0.2) is 66.7 Å². The summed E-state index contributed by atoms with van der Waals surface area (Å²) in [7, 11) is 3.60. The smallest absolute Gasteiger partial charge is 0.128 e. The molecule has 2 saturated carbocycles. The molecule has 0 unspecified atom stereocenters. The molecule has 58 heavy (non-hydrogen) atoms. The largest absolute Gasteiger partial charge is 0.508 e. The summed E-state index contributed by atoms with van der Waals surface area (Å²) >= 11 is 0. The summed E-state index contributed by atoms with van der Waals surface area (Å²) in [5, 5.41) is 49.3. The fourth-order valence-electron chi connectivity index (χ4n) is 9.78. The van der Waals surface area contributed by atoms with Crippen molar-refractivity contribution in [2.24, 2.45) is 11.8 Å². The van der Waals surface area contributed by atoms with Crippen LogP contribution in [0.1, 0.15) is 111 Å². The minimum Gasteiger partial charge on any atom is -0.508 e. The lowest BCUT2D eigenvalue weighted by atomic mass is 9.72. The van der Waals surface area contributed by atoms with E-state index >= 15 is 0 Å². The molecule has 4 aliphatic rings. The van der Waals surface area contributed by atoms with E-state index in [1.54, 1.807) is 37.4 Å². The molecule has 310 valence electrons. The summed E-state index contributed by atoms with van der Waals surface area (Å²) < 4.78 is 32.3. The lowest BCUT2D eigenvalue weighted by Gasteiger charge is -2.45. The molecule has 2 aliphatic heterocycles. The van der Waals surface area contributed by atoms with Gasteiger partial charge in [-0.05, 0) is 136 Å². The molecule has 0 bridgehead atoms. The molecule has 4 aromatic carbocycles. The molecule has 2 fully saturated rings. The van der Waals surface area contributed by atoms with Gasteiger partial charge in [0.1, 0.15) is 40.6 Å². The maximum Gasteiger partial charge on any atom is 0.128 e. The molecular formula is C48H59NO9. The SMILES string of the molecule is CNCc1cc2c(cc1OC1CCCCC1)[C@H](O)[C@H]([C@H]1COc3c(Cc4cc(O)ccc4-c4cccc(O)c4)cc(OC4CCCC4)cc3[C@H]1O)[C@@H](CCCOC)O2. The number of aromatic hydroxyl groups is 2. The molecule has 0 saturated heterocycles. The van der Waals surface area contributed by atoms with Crippen LogP contribution in [0, 0.1) is 11.8 Å². The summed E-state index contributed by atoms with van der Waals surface area (Å²) in [6, 6.07) is 20.2. The van der Waals surface area contributed by atoms with Crippen molar-refractivity contribution in [3.8, 4) is 45.6 Å². The Bertz CT molecular complexity index is 2020. The summed E-state index contributed by atoms with van der Waals surface area (Å²) in [5.41, 5.74) is 5.60. The van der Waals surface area contributed by atoms with Crippen molar-refractivity contribution in [2.75, 3.05) is 27.4 Å². The van der Waals surface area contributed by atoms with Gasteiger partial charge in [-0.15, -0.1) is 0 Å². The Labute approximate surface area is 342 Å². The van der Waals surface area contributed by atoms with Crippen LogP contribution in [0.25, 0.3) is 11.1 Å². The van der Waals surface area contributed by atoms with E-state index in [0.29, 0.717) is 54.4 Å². The zero-order chi connectivity index (χ0) is 40.2. The van der Waals surface area contributed by atoms with E-state index < -0.39 is 30.1 Å². The fraction of sp³-hybridized carbons (Fsp3) is 0.500. The number of phenolic OH excluding ortho intramolecular Hbond substituents is 2. The van der Waals surface area contributed by atoms with Crippen LogP contribution in [0.4, 0.5) is 0 Å². The molecule has 2 heterocycles. The minimum absolute atomic E-state index is 0.0834. The number of fused-ring (bicyclic) bond motifs is 2. The molecule has 0 spiro atoms. The van der Waals surface area contributed by atoms with E-state index in [2.05, 4.69) is 5.32 Å². The highest BCUT2D eigenvalue weighted by Crippen LogP contribution is 2.52. The second kappa shape index (κ2) is 18.2. The molecule has 0 amide bonds. The van der Waals surface area contributed by atoms with Gasteiger partial charge >= 0.3 is 0 Å². The van der Waals surface area contributed by atoms with Crippen molar-refractivity contribution in [3.05, 3.63) is 94.5 Å². The van der Waals surface area contributed by atoms with Gasteiger partial charge < -0.3 is 49.4 Å². The first-order valence-corrected chi connectivity index (χ1v) is 21.4. The maximum atomic E-state index is 12.6. The molecule has 10 heteroatoms. The number of benzene rings is 4. The van der Waals surface area contributed by atoms with Gasteiger partial charge in [-0.25, -0.2) is 0 Å². The Kier molecular flexibility index (Phi) is 12.6.